The Balaban J connectivity index is 2.45. The van der Waals surface area contributed by atoms with Crippen molar-refractivity contribution in [3.05, 3.63) is 10.1 Å². The minimum atomic E-state index is -0.506. The second-order valence-corrected chi connectivity index (χ2v) is 6.56. The number of anilines is 1. The number of rotatable bonds is 7. The highest BCUT2D eigenvalue weighted by Gasteiger charge is 2.30. The van der Waals surface area contributed by atoms with Gasteiger partial charge >= 0.3 is 11.6 Å². The van der Waals surface area contributed by atoms with Gasteiger partial charge in [0.25, 0.3) is 0 Å². The molecule has 1 aliphatic rings. The van der Waals surface area contributed by atoms with E-state index in [4.69, 9.17) is 4.74 Å². The fourth-order valence-corrected chi connectivity index (χ4v) is 3.28. The third-order valence-corrected chi connectivity index (χ3v) is 4.44. The van der Waals surface area contributed by atoms with Crippen LogP contribution >= 0.6 is 23.5 Å². The number of ether oxygens (including phenoxy) is 1. The Kier molecular flexibility index (Phi) is 6.52. The second-order valence-electron chi connectivity index (χ2n) is 4.45. The Morgan fingerprint density at radius 2 is 2.14 bits per heavy atom. The number of hydrogen-bond acceptors (Lipinski definition) is 9. The highest BCUT2D eigenvalue weighted by molar-refractivity contribution is 7.99. The molecule has 0 spiro atoms. The van der Waals surface area contributed by atoms with Gasteiger partial charge in [0.2, 0.25) is 5.82 Å². The third kappa shape index (κ3) is 4.14. The lowest BCUT2D eigenvalue weighted by molar-refractivity contribution is -0.385. The van der Waals surface area contributed by atoms with Crippen LogP contribution in [0.2, 0.25) is 0 Å². The van der Waals surface area contributed by atoms with Gasteiger partial charge in [0, 0.05) is 24.6 Å². The summed E-state index contributed by atoms with van der Waals surface area (Å²) in [5.41, 5.74) is -0.212. The molecule has 2 rings (SSSR count). The number of hydrogen-bond donors (Lipinski definition) is 0. The van der Waals surface area contributed by atoms with Gasteiger partial charge in [0.1, 0.15) is 0 Å². The van der Waals surface area contributed by atoms with E-state index in [1.807, 2.05) is 11.8 Å². The minimum absolute atomic E-state index is 0.0500. The lowest BCUT2D eigenvalue weighted by atomic mass is 10.4. The van der Waals surface area contributed by atoms with Crippen molar-refractivity contribution in [1.82, 2.24) is 9.97 Å². The molecule has 2 heterocycles. The molecule has 10 heteroatoms. The van der Waals surface area contributed by atoms with Crippen molar-refractivity contribution >= 4 is 35.0 Å². The first-order valence-electron chi connectivity index (χ1n) is 6.90. The SMILES string of the molecule is CCCOc1nc(SC[O-])nc(N2CCSCC2)c1[N+](=O)[O-]. The van der Waals surface area contributed by atoms with Crippen molar-refractivity contribution in [1.29, 1.82) is 0 Å². The topological polar surface area (TPSA) is 104 Å². The lowest BCUT2D eigenvalue weighted by Gasteiger charge is -2.27. The number of thioether (sulfide) groups is 2. The molecule has 1 aromatic heterocycles. The molecule has 1 aromatic rings. The predicted octanol–water partition coefficient (Wildman–Crippen LogP) is 1.14. The van der Waals surface area contributed by atoms with E-state index < -0.39 is 10.9 Å². The molecular formula is C12H17N4O4S2-. The fraction of sp³-hybridized carbons (Fsp3) is 0.667. The van der Waals surface area contributed by atoms with Crippen molar-refractivity contribution < 1.29 is 14.8 Å². The van der Waals surface area contributed by atoms with E-state index in [-0.39, 0.29) is 22.5 Å². The average molecular weight is 345 g/mol. The summed E-state index contributed by atoms with van der Waals surface area (Å²) in [6, 6.07) is 0. The molecule has 0 saturated carbocycles. The highest BCUT2D eigenvalue weighted by Crippen LogP contribution is 2.37. The average Bonchev–Trinajstić information content (AvgIpc) is 2.53. The van der Waals surface area contributed by atoms with E-state index in [0.717, 1.165) is 23.3 Å². The number of nitro groups is 1. The maximum atomic E-state index is 11.5. The largest absolute Gasteiger partial charge is 0.846 e. The molecule has 0 aliphatic carbocycles. The first-order valence-corrected chi connectivity index (χ1v) is 9.04. The normalized spacial score (nSPS) is 14.9. The quantitative estimate of drug-likeness (QED) is 0.236. The Bertz CT molecular complexity index is 526. The summed E-state index contributed by atoms with van der Waals surface area (Å²) < 4.78 is 5.43. The fourth-order valence-electron chi connectivity index (χ4n) is 1.98. The van der Waals surface area contributed by atoms with Crippen LogP contribution in [-0.4, -0.2) is 52.0 Å². The molecule has 1 saturated heterocycles. The van der Waals surface area contributed by atoms with Crippen LogP contribution in [0.25, 0.3) is 0 Å². The smallest absolute Gasteiger partial charge is 0.373 e. The van der Waals surface area contributed by atoms with Crippen molar-refractivity contribution in [2.45, 2.75) is 18.5 Å². The molecular weight excluding hydrogens is 328 g/mol. The van der Waals surface area contributed by atoms with Gasteiger partial charge in [-0.2, -0.15) is 21.7 Å². The summed E-state index contributed by atoms with van der Waals surface area (Å²) in [6.45, 7) is 3.59. The van der Waals surface area contributed by atoms with E-state index in [0.29, 0.717) is 26.1 Å². The van der Waals surface area contributed by atoms with Gasteiger partial charge in [-0.1, -0.05) is 12.9 Å². The Morgan fingerprint density at radius 1 is 1.41 bits per heavy atom. The van der Waals surface area contributed by atoms with Gasteiger partial charge in [0.15, 0.2) is 5.16 Å². The van der Waals surface area contributed by atoms with E-state index in [1.54, 1.807) is 11.8 Å². The second kappa shape index (κ2) is 8.39. The summed E-state index contributed by atoms with van der Waals surface area (Å²) in [5, 5.41) is 22.5. The van der Waals surface area contributed by atoms with E-state index in [1.165, 1.54) is 0 Å². The van der Waals surface area contributed by atoms with Crippen LogP contribution in [0.3, 0.4) is 0 Å². The van der Waals surface area contributed by atoms with Gasteiger partial charge in [-0.3, -0.25) is 10.1 Å². The zero-order valence-electron chi connectivity index (χ0n) is 12.2. The van der Waals surface area contributed by atoms with Crippen molar-refractivity contribution in [2.75, 3.05) is 42.0 Å². The molecule has 1 fully saturated rings. The first-order chi connectivity index (χ1) is 10.7. The maximum absolute atomic E-state index is 11.5. The Labute approximate surface area is 136 Å². The highest BCUT2D eigenvalue weighted by atomic mass is 32.2. The molecule has 0 bridgehead atoms. The molecule has 0 atom stereocenters. The van der Waals surface area contributed by atoms with E-state index in [9.17, 15) is 15.2 Å². The molecule has 0 amide bonds. The van der Waals surface area contributed by atoms with Crippen LogP contribution in [0.1, 0.15) is 13.3 Å². The van der Waals surface area contributed by atoms with Gasteiger partial charge in [-0.25, -0.2) is 0 Å². The van der Waals surface area contributed by atoms with Crippen molar-refractivity contribution in [3.8, 4) is 5.88 Å². The van der Waals surface area contributed by atoms with Gasteiger partial charge in [0.05, 0.1) is 11.5 Å². The molecule has 1 aliphatic heterocycles. The predicted molar refractivity (Wildman–Crippen MR) is 84.7 cm³/mol. The lowest BCUT2D eigenvalue weighted by Crippen LogP contribution is -2.34. The van der Waals surface area contributed by atoms with Crippen molar-refractivity contribution in [3.63, 3.8) is 0 Å². The van der Waals surface area contributed by atoms with Crippen LogP contribution in [0.4, 0.5) is 11.5 Å². The molecule has 0 radical (unpaired) electrons. The number of nitrogens with zero attached hydrogens (tertiary/aromatic N) is 4. The molecule has 8 nitrogen and oxygen atoms in total. The summed E-state index contributed by atoms with van der Waals surface area (Å²) in [5.74, 6) is 1.53. The van der Waals surface area contributed by atoms with Crippen LogP contribution in [0, 0.1) is 10.1 Å². The minimum Gasteiger partial charge on any atom is -0.846 e. The zero-order valence-corrected chi connectivity index (χ0v) is 13.8. The summed E-state index contributed by atoms with van der Waals surface area (Å²) in [7, 11) is 0. The summed E-state index contributed by atoms with van der Waals surface area (Å²) in [6.07, 6.45) is 0.709. The standard InChI is InChI=1S/C12H17N4O4S2/c1-2-5-20-11-9(16(18)19)10(13-12(14-11)22-8-17)15-3-6-21-7-4-15/h2-8H2,1H3/q-1. The van der Waals surface area contributed by atoms with Crippen LogP contribution in [0.15, 0.2) is 5.16 Å². The Hall–Kier alpha value is -1.26. The van der Waals surface area contributed by atoms with Gasteiger partial charge < -0.3 is 14.7 Å². The van der Waals surface area contributed by atoms with Crippen LogP contribution in [-0.2, 0) is 0 Å². The van der Waals surface area contributed by atoms with Crippen LogP contribution < -0.4 is 14.7 Å². The molecule has 122 valence electrons. The summed E-state index contributed by atoms with van der Waals surface area (Å²) in [4.78, 5) is 21.1. The number of aromatic nitrogens is 2. The molecule has 0 aromatic carbocycles. The maximum Gasteiger partial charge on any atom is 0.373 e. The zero-order chi connectivity index (χ0) is 15.9. The van der Waals surface area contributed by atoms with Gasteiger partial charge in [-0.15, -0.1) is 11.8 Å². The molecule has 22 heavy (non-hydrogen) atoms. The Morgan fingerprint density at radius 3 is 2.73 bits per heavy atom. The van der Waals surface area contributed by atoms with E-state index >= 15 is 0 Å². The van der Waals surface area contributed by atoms with Crippen molar-refractivity contribution in [2.24, 2.45) is 0 Å². The van der Waals surface area contributed by atoms with Gasteiger partial charge in [-0.05, 0) is 6.42 Å². The monoisotopic (exact) mass is 345 g/mol. The summed E-state index contributed by atoms with van der Waals surface area (Å²) >= 11 is 2.71. The van der Waals surface area contributed by atoms with E-state index in [2.05, 4.69) is 9.97 Å². The first kappa shape index (κ1) is 17.1. The third-order valence-electron chi connectivity index (χ3n) is 2.94. The molecule has 0 unspecified atom stereocenters. The molecule has 0 N–H and O–H groups in total. The van der Waals surface area contributed by atoms with Crippen LogP contribution in [0.5, 0.6) is 5.88 Å².